The van der Waals surface area contributed by atoms with Crippen molar-refractivity contribution in [2.45, 2.75) is 6.42 Å². The van der Waals surface area contributed by atoms with Crippen molar-refractivity contribution in [3.8, 4) is 0 Å². The molecule has 0 saturated carbocycles. The number of para-hydroxylation sites is 1. The molecule has 0 saturated heterocycles. The van der Waals surface area contributed by atoms with Crippen molar-refractivity contribution in [2.24, 2.45) is 0 Å². The van der Waals surface area contributed by atoms with Gasteiger partial charge in [0, 0.05) is 11.0 Å². The number of nitrogens with zero attached hydrogens (tertiary/aromatic N) is 1. The predicted molar refractivity (Wildman–Crippen MR) is 60.4 cm³/mol. The summed E-state index contributed by atoms with van der Waals surface area (Å²) in [6.07, 6.45) is 2.28. The molecule has 0 bridgehead atoms. The summed E-state index contributed by atoms with van der Waals surface area (Å²) in [6, 6.07) is 5.99. The highest BCUT2D eigenvalue weighted by Gasteiger charge is 2.24. The highest BCUT2D eigenvalue weighted by atomic mass is 79.9. The van der Waals surface area contributed by atoms with Crippen LogP contribution < -0.4 is 4.90 Å². The maximum Gasteiger partial charge on any atom is 0.250 e. The molecule has 0 unspecified atom stereocenters. The number of carbonyl (C=O) groups is 1. The van der Waals surface area contributed by atoms with Gasteiger partial charge >= 0.3 is 0 Å². The van der Waals surface area contributed by atoms with Gasteiger partial charge in [-0.25, -0.2) is 0 Å². The summed E-state index contributed by atoms with van der Waals surface area (Å²) in [7, 11) is 0. The van der Waals surface area contributed by atoms with Crippen molar-refractivity contribution < 1.29 is 4.79 Å². The number of rotatable bonds is 1. The van der Waals surface area contributed by atoms with E-state index in [9.17, 15) is 4.79 Å². The Labute approximate surface area is 91.3 Å². The van der Waals surface area contributed by atoms with Crippen molar-refractivity contribution in [1.82, 2.24) is 0 Å². The Bertz CT molecular complexity index is 400. The van der Waals surface area contributed by atoms with Crippen molar-refractivity contribution in [3.63, 3.8) is 0 Å². The fraction of sp³-hybridized carbons (Fsp3) is 0.182. The van der Waals surface area contributed by atoms with Gasteiger partial charge in [0.1, 0.15) is 0 Å². The minimum Gasteiger partial charge on any atom is -0.307 e. The molecule has 0 fully saturated rings. The molecule has 3 heteroatoms. The van der Waals surface area contributed by atoms with E-state index in [1.54, 1.807) is 4.90 Å². The van der Waals surface area contributed by atoms with Gasteiger partial charge < -0.3 is 4.90 Å². The van der Waals surface area contributed by atoms with E-state index in [0.29, 0.717) is 0 Å². The molecule has 2 nitrogen and oxygen atoms in total. The van der Waals surface area contributed by atoms with Crippen LogP contribution in [0.25, 0.3) is 0 Å². The van der Waals surface area contributed by atoms with Gasteiger partial charge in [0.2, 0.25) is 5.91 Å². The fourth-order valence-electron chi connectivity index (χ4n) is 1.74. The van der Waals surface area contributed by atoms with Gasteiger partial charge in [-0.05, 0) is 40.1 Å². The highest BCUT2D eigenvalue weighted by molar-refractivity contribution is 9.10. The summed E-state index contributed by atoms with van der Waals surface area (Å²) in [6.45, 7) is 4.25. The topological polar surface area (TPSA) is 20.3 Å². The smallest absolute Gasteiger partial charge is 0.250 e. The molecule has 1 aliphatic heterocycles. The lowest BCUT2D eigenvalue weighted by Crippen LogP contribution is -2.26. The molecule has 1 aromatic rings. The number of amides is 1. The number of anilines is 1. The third kappa shape index (κ3) is 1.38. The number of hydrogen-bond donors (Lipinski definition) is 0. The first kappa shape index (κ1) is 9.46. The molecule has 0 aliphatic carbocycles. The zero-order valence-electron chi connectivity index (χ0n) is 7.66. The molecule has 0 N–H and O–H groups in total. The summed E-state index contributed by atoms with van der Waals surface area (Å²) in [5.41, 5.74) is 2.21. The third-order valence-electron chi connectivity index (χ3n) is 2.39. The van der Waals surface area contributed by atoms with Crippen LogP contribution >= 0.6 is 15.9 Å². The van der Waals surface area contributed by atoms with Crippen LogP contribution in [0.3, 0.4) is 0 Å². The Hall–Kier alpha value is -1.09. The summed E-state index contributed by atoms with van der Waals surface area (Å²) in [5, 5.41) is 0. The molecule has 0 atom stereocenters. The predicted octanol–water partition coefficient (Wildman–Crippen LogP) is 2.52. The SMILES string of the molecule is C=CC(=O)N1CCc2cccc(Br)c21. The number of halogens is 1. The molecular weight excluding hydrogens is 242 g/mol. The fourth-order valence-corrected chi connectivity index (χ4v) is 2.36. The van der Waals surface area contributed by atoms with E-state index in [4.69, 9.17) is 0 Å². The highest BCUT2D eigenvalue weighted by Crippen LogP contribution is 2.35. The normalized spacial score (nSPS) is 13.9. The summed E-state index contributed by atoms with van der Waals surface area (Å²) in [5.74, 6) is -0.0318. The van der Waals surface area contributed by atoms with E-state index in [2.05, 4.69) is 28.6 Å². The summed E-state index contributed by atoms with van der Waals surface area (Å²) in [4.78, 5) is 13.3. The molecule has 2 rings (SSSR count). The standard InChI is InChI=1S/C11H10BrNO/c1-2-10(14)13-7-6-8-4-3-5-9(12)11(8)13/h2-5H,1,6-7H2. The van der Waals surface area contributed by atoms with E-state index in [1.165, 1.54) is 11.6 Å². The van der Waals surface area contributed by atoms with Gasteiger partial charge in [-0.1, -0.05) is 18.7 Å². The Balaban J connectivity index is 2.47. The molecular formula is C11H10BrNO. The molecule has 1 aromatic carbocycles. The molecule has 0 radical (unpaired) electrons. The van der Waals surface area contributed by atoms with Crippen molar-refractivity contribution >= 4 is 27.5 Å². The largest absolute Gasteiger partial charge is 0.307 e. The number of fused-ring (bicyclic) bond motifs is 1. The van der Waals surface area contributed by atoms with Crippen molar-refractivity contribution in [1.29, 1.82) is 0 Å². The van der Waals surface area contributed by atoms with Crippen LogP contribution in [0.4, 0.5) is 5.69 Å². The molecule has 0 aromatic heterocycles. The lowest BCUT2D eigenvalue weighted by atomic mass is 10.2. The van der Waals surface area contributed by atoms with E-state index < -0.39 is 0 Å². The quantitative estimate of drug-likeness (QED) is 0.703. The zero-order valence-corrected chi connectivity index (χ0v) is 9.25. The number of hydrogen-bond acceptors (Lipinski definition) is 1. The van der Waals surface area contributed by atoms with Crippen LogP contribution in [0.1, 0.15) is 5.56 Å². The Morgan fingerprint density at radius 3 is 3.07 bits per heavy atom. The van der Waals surface area contributed by atoms with E-state index in [1.807, 2.05) is 12.1 Å². The van der Waals surface area contributed by atoms with Crippen LogP contribution in [-0.2, 0) is 11.2 Å². The first-order valence-corrected chi connectivity index (χ1v) is 5.24. The average molecular weight is 252 g/mol. The van der Waals surface area contributed by atoms with Gasteiger partial charge in [-0.3, -0.25) is 4.79 Å². The van der Waals surface area contributed by atoms with E-state index in [0.717, 1.165) is 23.1 Å². The van der Waals surface area contributed by atoms with Crippen LogP contribution in [-0.4, -0.2) is 12.5 Å². The second kappa shape index (κ2) is 3.58. The van der Waals surface area contributed by atoms with Crippen LogP contribution in [0.2, 0.25) is 0 Å². The van der Waals surface area contributed by atoms with Gasteiger partial charge in [-0.15, -0.1) is 0 Å². The molecule has 72 valence electrons. The molecule has 1 heterocycles. The maximum absolute atomic E-state index is 11.5. The number of benzene rings is 1. The molecule has 1 aliphatic rings. The third-order valence-corrected chi connectivity index (χ3v) is 3.03. The van der Waals surface area contributed by atoms with Crippen molar-refractivity contribution in [2.75, 3.05) is 11.4 Å². The first-order chi connectivity index (χ1) is 6.74. The van der Waals surface area contributed by atoms with Gasteiger partial charge in [0.05, 0.1) is 5.69 Å². The second-order valence-corrected chi connectivity index (χ2v) is 4.05. The summed E-state index contributed by atoms with van der Waals surface area (Å²) < 4.78 is 0.975. The first-order valence-electron chi connectivity index (χ1n) is 4.45. The Morgan fingerprint density at radius 1 is 1.57 bits per heavy atom. The van der Waals surface area contributed by atoms with Crippen LogP contribution in [0.5, 0.6) is 0 Å². The lowest BCUT2D eigenvalue weighted by Gasteiger charge is -2.16. The summed E-state index contributed by atoms with van der Waals surface area (Å²) >= 11 is 3.46. The maximum atomic E-state index is 11.5. The average Bonchev–Trinajstić information content (AvgIpc) is 2.62. The van der Waals surface area contributed by atoms with Crippen LogP contribution in [0.15, 0.2) is 35.3 Å². The van der Waals surface area contributed by atoms with Crippen molar-refractivity contribution in [3.05, 3.63) is 40.9 Å². The molecule has 14 heavy (non-hydrogen) atoms. The van der Waals surface area contributed by atoms with Gasteiger partial charge in [0.25, 0.3) is 0 Å². The Morgan fingerprint density at radius 2 is 2.36 bits per heavy atom. The minimum atomic E-state index is -0.0318. The molecule has 1 amide bonds. The molecule has 0 spiro atoms. The lowest BCUT2D eigenvalue weighted by molar-refractivity contribution is -0.114. The minimum absolute atomic E-state index is 0.0318. The van der Waals surface area contributed by atoms with E-state index >= 15 is 0 Å². The van der Waals surface area contributed by atoms with Crippen LogP contribution in [0, 0.1) is 0 Å². The number of carbonyl (C=O) groups excluding carboxylic acids is 1. The Kier molecular flexibility index (Phi) is 2.42. The van der Waals surface area contributed by atoms with Gasteiger partial charge in [0.15, 0.2) is 0 Å². The second-order valence-electron chi connectivity index (χ2n) is 3.19. The van der Waals surface area contributed by atoms with E-state index in [-0.39, 0.29) is 5.91 Å². The zero-order chi connectivity index (χ0) is 10.1. The monoisotopic (exact) mass is 251 g/mol. The van der Waals surface area contributed by atoms with Gasteiger partial charge in [-0.2, -0.15) is 0 Å².